The maximum Gasteiger partial charge on any atom is 1.00 e. The molecule has 0 aliphatic heterocycles. The summed E-state index contributed by atoms with van der Waals surface area (Å²) in [7, 11) is 0. The van der Waals surface area contributed by atoms with E-state index in [1.165, 1.54) is 0 Å². The third-order valence-corrected chi connectivity index (χ3v) is 1.54. The van der Waals surface area contributed by atoms with Gasteiger partial charge in [-0.1, -0.05) is 27.7 Å². The molecule has 0 aromatic carbocycles. The predicted octanol–water partition coefficient (Wildman–Crippen LogP) is -1.37. The number of rotatable bonds is 2. The van der Waals surface area contributed by atoms with Gasteiger partial charge < -0.3 is 5.73 Å². The molecule has 1 nitrogen and oxygen atoms in total. The van der Waals surface area contributed by atoms with Crippen molar-refractivity contribution in [3.8, 4) is 0 Å². The number of hydrogen-bond acceptors (Lipinski definition) is 1. The third kappa shape index (κ3) is 5.02. The van der Waals surface area contributed by atoms with E-state index in [4.69, 9.17) is 5.73 Å². The maximum atomic E-state index is 5.76. The average Bonchev–Trinajstić information content (AvgIpc) is 1.64. The molecule has 0 aromatic heterocycles. The van der Waals surface area contributed by atoms with Gasteiger partial charge in [-0.05, 0) is 11.8 Å². The molecule has 50 valence electrons. The van der Waals surface area contributed by atoms with E-state index in [9.17, 15) is 0 Å². The second kappa shape index (κ2) is 5.35. The van der Waals surface area contributed by atoms with Crippen LogP contribution in [0.1, 0.15) is 27.7 Å². The van der Waals surface area contributed by atoms with Gasteiger partial charge in [-0.3, -0.25) is 0 Å². The first kappa shape index (κ1) is 12.3. The molecule has 0 unspecified atom stereocenters. The van der Waals surface area contributed by atoms with E-state index < -0.39 is 0 Å². The van der Waals surface area contributed by atoms with Crippen LogP contribution in [0.15, 0.2) is 0 Å². The third-order valence-electron chi connectivity index (χ3n) is 1.54. The van der Waals surface area contributed by atoms with E-state index in [0.29, 0.717) is 17.9 Å². The molecule has 0 aliphatic carbocycles. The SMILES string of the molecule is CC(C)C(N)C(C)C.[Li+]. The van der Waals surface area contributed by atoms with Crippen molar-refractivity contribution in [2.45, 2.75) is 33.7 Å². The second-order valence-electron chi connectivity index (χ2n) is 3.07. The Kier molecular flexibility index (Phi) is 7.29. The van der Waals surface area contributed by atoms with Crippen LogP contribution in [0.5, 0.6) is 0 Å². The van der Waals surface area contributed by atoms with Crippen molar-refractivity contribution in [2.75, 3.05) is 0 Å². The summed E-state index contributed by atoms with van der Waals surface area (Å²) < 4.78 is 0. The van der Waals surface area contributed by atoms with Crippen molar-refractivity contribution < 1.29 is 18.9 Å². The Balaban J connectivity index is 0. The van der Waals surface area contributed by atoms with Crippen molar-refractivity contribution in [2.24, 2.45) is 17.6 Å². The minimum Gasteiger partial charge on any atom is -0.327 e. The van der Waals surface area contributed by atoms with E-state index in [2.05, 4.69) is 27.7 Å². The smallest absolute Gasteiger partial charge is 0.327 e. The summed E-state index contributed by atoms with van der Waals surface area (Å²) in [6.07, 6.45) is 0. The minimum atomic E-state index is 0. The molecule has 0 spiro atoms. The van der Waals surface area contributed by atoms with Crippen LogP contribution in [-0.4, -0.2) is 6.04 Å². The van der Waals surface area contributed by atoms with Crippen LogP contribution in [0.3, 0.4) is 0 Å². The zero-order chi connectivity index (χ0) is 6.73. The molecular formula is C7H17LiN+. The second-order valence-corrected chi connectivity index (χ2v) is 3.07. The van der Waals surface area contributed by atoms with Crippen LogP contribution in [0, 0.1) is 11.8 Å². The van der Waals surface area contributed by atoms with Crippen LogP contribution in [0.2, 0.25) is 0 Å². The molecule has 0 saturated carbocycles. The van der Waals surface area contributed by atoms with Gasteiger partial charge in [0.25, 0.3) is 0 Å². The molecule has 0 radical (unpaired) electrons. The molecule has 0 fully saturated rings. The van der Waals surface area contributed by atoms with Crippen LogP contribution in [0.4, 0.5) is 0 Å². The van der Waals surface area contributed by atoms with E-state index in [-0.39, 0.29) is 18.9 Å². The molecule has 0 amide bonds. The quantitative estimate of drug-likeness (QED) is 0.449. The van der Waals surface area contributed by atoms with Gasteiger partial charge in [-0.25, -0.2) is 0 Å². The standard InChI is InChI=1S/C7H17N.Li/c1-5(2)7(8)6(3)4;/h5-7H,8H2,1-4H3;/q;+1. The molecule has 0 bridgehead atoms. The zero-order valence-corrected chi connectivity index (χ0v) is 7.31. The van der Waals surface area contributed by atoms with Crippen LogP contribution in [-0.2, 0) is 0 Å². The van der Waals surface area contributed by atoms with E-state index >= 15 is 0 Å². The molecule has 0 aromatic rings. The van der Waals surface area contributed by atoms with Gasteiger partial charge in [-0.2, -0.15) is 0 Å². The van der Waals surface area contributed by atoms with Gasteiger partial charge in [0.2, 0.25) is 0 Å². The monoisotopic (exact) mass is 122 g/mol. The van der Waals surface area contributed by atoms with Gasteiger partial charge in [0.1, 0.15) is 0 Å². The molecule has 0 heterocycles. The summed E-state index contributed by atoms with van der Waals surface area (Å²) in [6, 6.07) is 0.370. The zero-order valence-electron chi connectivity index (χ0n) is 7.31. The first-order chi connectivity index (χ1) is 3.55. The van der Waals surface area contributed by atoms with Crippen LogP contribution < -0.4 is 24.6 Å². The van der Waals surface area contributed by atoms with Crippen LogP contribution >= 0.6 is 0 Å². The molecule has 2 N–H and O–H groups in total. The van der Waals surface area contributed by atoms with Crippen molar-refractivity contribution in [1.82, 2.24) is 0 Å². The summed E-state index contributed by atoms with van der Waals surface area (Å²) in [5.74, 6) is 1.24. The molecule has 0 aliphatic rings. The molecule has 9 heavy (non-hydrogen) atoms. The Labute approximate surface area is 70.6 Å². The topological polar surface area (TPSA) is 26.0 Å². The van der Waals surface area contributed by atoms with Crippen molar-refractivity contribution in [1.29, 1.82) is 0 Å². The molecule has 0 atom stereocenters. The van der Waals surface area contributed by atoms with E-state index in [1.807, 2.05) is 0 Å². The molecule has 0 saturated heterocycles. The predicted molar refractivity (Wildman–Crippen MR) is 37.7 cm³/mol. The normalized spacial score (nSPS) is 10.7. The van der Waals surface area contributed by atoms with Gasteiger partial charge >= 0.3 is 18.9 Å². The summed E-state index contributed by atoms with van der Waals surface area (Å²) >= 11 is 0. The first-order valence-corrected chi connectivity index (χ1v) is 3.31. The fourth-order valence-electron chi connectivity index (χ4n) is 0.770. The summed E-state index contributed by atoms with van der Waals surface area (Å²) in [5, 5.41) is 0. The Morgan fingerprint density at radius 2 is 1.11 bits per heavy atom. The largest absolute Gasteiger partial charge is 1.00 e. The van der Waals surface area contributed by atoms with E-state index in [0.717, 1.165) is 0 Å². The molecule has 0 rings (SSSR count). The van der Waals surface area contributed by atoms with Gasteiger partial charge in [0.15, 0.2) is 0 Å². The average molecular weight is 122 g/mol. The number of nitrogens with two attached hydrogens (primary N) is 1. The van der Waals surface area contributed by atoms with E-state index in [1.54, 1.807) is 0 Å². The molecular weight excluding hydrogens is 105 g/mol. The Hall–Kier alpha value is 0.557. The maximum absolute atomic E-state index is 5.76. The summed E-state index contributed by atoms with van der Waals surface area (Å²) in [6.45, 7) is 8.63. The van der Waals surface area contributed by atoms with Crippen LogP contribution in [0.25, 0.3) is 0 Å². The first-order valence-electron chi connectivity index (χ1n) is 3.31. The van der Waals surface area contributed by atoms with Crippen molar-refractivity contribution in [3.05, 3.63) is 0 Å². The Morgan fingerprint density at radius 3 is 1.11 bits per heavy atom. The van der Waals surface area contributed by atoms with Gasteiger partial charge in [0.05, 0.1) is 0 Å². The van der Waals surface area contributed by atoms with Gasteiger partial charge in [-0.15, -0.1) is 0 Å². The summed E-state index contributed by atoms with van der Waals surface area (Å²) in [4.78, 5) is 0. The van der Waals surface area contributed by atoms with Crippen molar-refractivity contribution >= 4 is 0 Å². The summed E-state index contributed by atoms with van der Waals surface area (Å²) in [5.41, 5.74) is 5.76. The number of hydrogen-bond donors (Lipinski definition) is 1. The van der Waals surface area contributed by atoms with Crippen molar-refractivity contribution in [3.63, 3.8) is 0 Å². The fraction of sp³-hybridized carbons (Fsp3) is 1.00. The Morgan fingerprint density at radius 1 is 0.889 bits per heavy atom. The Bertz CT molecular complexity index is 53.9. The minimum absolute atomic E-state index is 0. The van der Waals surface area contributed by atoms with Gasteiger partial charge in [0, 0.05) is 6.04 Å². The fourth-order valence-corrected chi connectivity index (χ4v) is 0.770. The molecule has 2 heteroatoms.